The first kappa shape index (κ1) is 11.0. The quantitative estimate of drug-likeness (QED) is 0.806. The smallest absolute Gasteiger partial charge is 0.124 e. The Hall–Kier alpha value is -1.54. The number of benzene rings is 2. The van der Waals surface area contributed by atoms with Crippen LogP contribution in [0.4, 0.5) is 15.8 Å². The van der Waals surface area contributed by atoms with Crippen molar-refractivity contribution in [1.82, 2.24) is 0 Å². The summed E-state index contributed by atoms with van der Waals surface area (Å²) in [5.74, 6) is -0.334. The van der Waals surface area contributed by atoms with Gasteiger partial charge in [-0.15, -0.1) is 0 Å². The number of nitrogens with one attached hydrogen (secondary N) is 1. The molecular weight excluding hydrogens is 225 g/mol. The molecule has 16 heavy (non-hydrogen) atoms. The molecule has 0 radical (unpaired) electrons. The van der Waals surface area contributed by atoms with Gasteiger partial charge in [0.05, 0.1) is 10.7 Å². The van der Waals surface area contributed by atoms with Crippen LogP contribution < -0.4 is 5.32 Å². The lowest BCUT2D eigenvalue weighted by Crippen LogP contribution is -1.91. The molecule has 0 aliphatic rings. The molecule has 0 aromatic heterocycles. The van der Waals surface area contributed by atoms with Crippen LogP contribution in [0.25, 0.3) is 0 Å². The third-order valence-corrected chi connectivity index (χ3v) is 2.54. The second kappa shape index (κ2) is 4.54. The normalized spacial score (nSPS) is 10.2. The predicted octanol–water partition coefficient (Wildman–Crippen LogP) is 4.53. The van der Waals surface area contributed by atoms with Crippen molar-refractivity contribution in [3.05, 3.63) is 58.9 Å². The average Bonchev–Trinajstić information content (AvgIpc) is 2.22. The Bertz CT molecular complexity index is 511. The zero-order valence-corrected chi connectivity index (χ0v) is 9.55. The van der Waals surface area contributed by atoms with E-state index in [1.807, 2.05) is 31.2 Å². The van der Waals surface area contributed by atoms with Gasteiger partial charge in [-0.1, -0.05) is 23.7 Å². The molecule has 0 aliphatic heterocycles. The molecule has 0 aliphatic carbocycles. The Morgan fingerprint density at radius 2 is 1.94 bits per heavy atom. The van der Waals surface area contributed by atoms with Crippen LogP contribution in [0, 0.1) is 12.7 Å². The summed E-state index contributed by atoms with van der Waals surface area (Å²) in [6.45, 7) is 2.01. The van der Waals surface area contributed by atoms with E-state index in [1.54, 1.807) is 6.07 Å². The molecule has 2 rings (SSSR count). The monoisotopic (exact) mass is 235 g/mol. The number of aryl methyl sites for hydroxylation is 1. The second-order valence-electron chi connectivity index (χ2n) is 3.62. The minimum Gasteiger partial charge on any atom is -0.354 e. The zero-order valence-electron chi connectivity index (χ0n) is 8.80. The van der Waals surface area contributed by atoms with Gasteiger partial charge in [0.2, 0.25) is 0 Å². The summed E-state index contributed by atoms with van der Waals surface area (Å²) in [4.78, 5) is 0. The van der Waals surface area contributed by atoms with E-state index in [-0.39, 0.29) is 5.82 Å². The molecule has 0 saturated heterocycles. The largest absolute Gasteiger partial charge is 0.354 e. The van der Waals surface area contributed by atoms with Gasteiger partial charge in [-0.3, -0.25) is 0 Å². The molecule has 0 atom stereocenters. The number of anilines is 2. The van der Waals surface area contributed by atoms with E-state index < -0.39 is 0 Å². The molecule has 0 unspecified atom stereocenters. The highest BCUT2D eigenvalue weighted by atomic mass is 35.5. The van der Waals surface area contributed by atoms with E-state index in [2.05, 4.69) is 5.32 Å². The number of halogens is 2. The van der Waals surface area contributed by atoms with Crippen molar-refractivity contribution in [1.29, 1.82) is 0 Å². The summed E-state index contributed by atoms with van der Waals surface area (Å²) >= 11 is 5.92. The van der Waals surface area contributed by atoms with Crippen LogP contribution in [0.1, 0.15) is 5.56 Å². The minimum absolute atomic E-state index is 0.334. The molecular formula is C13H11ClFN. The van der Waals surface area contributed by atoms with Crippen molar-refractivity contribution in [2.45, 2.75) is 6.92 Å². The maximum Gasteiger partial charge on any atom is 0.124 e. The first-order chi connectivity index (χ1) is 7.65. The van der Waals surface area contributed by atoms with Gasteiger partial charge in [-0.25, -0.2) is 4.39 Å². The van der Waals surface area contributed by atoms with Gasteiger partial charge in [0.15, 0.2) is 0 Å². The molecule has 1 nitrogen and oxygen atoms in total. The Morgan fingerprint density at radius 1 is 1.12 bits per heavy atom. The van der Waals surface area contributed by atoms with Crippen molar-refractivity contribution in [3.8, 4) is 0 Å². The van der Waals surface area contributed by atoms with E-state index in [4.69, 9.17) is 11.6 Å². The van der Waals surface area contributed by atoms with Crippen LogP contribution in [-0.4, -0.2) is 0 Å². The fraction of sp³-hybridized carbons (Fsp3) is 0.0769. The molecule has 82 valence electrons. The van der Waals surface area contributed by atoms with E-state index in [0.29, 0.717) is 10.7 Å². The number of rotatable bonds is 2. The highest BCUT2D eigenvalue weighted by molar-refractivity contribution is 6.33. The first-order valence-corrected chi connectivity index (χ1v) is 5.32. The lowest BCUT2D eigenvalue weighted by molar-refractivity contribution is 0.628. The summed E-state index contributed by atoms with van der Waals surface area (Å²) < 4.78 is 12.8. The second-order valence-corrected chi connectivity index (χ2v) is 4.03. The summed E-state index contributed by atoms with van der Waals surface area (Å²) in [6, 6.07) is 12.2. The Kier molecular flexibility index (Phi) is 3.11. The van der Waals surface area contributed by atoms with Crippen molar-refractivity contribution in [2.75, 3.05) is 5.32 Å². The maximum absolute atomic E-state index is 12.8. The molecule has 0 fully saturated rings. The summed E-state index contributed by atoms with van der Waals surface area (Å²) in [7, 11) is 0. The fourth-order valence-corrected chi connectivity index (χ4v) is 1.68. The molecule has 0 saturated carbocycles. The van der Waals surface area contributed by atoms with Crippen molar-refractivity contribution < 1.29 is 4.39 Å². The zero-order chi connectivity index (χ0) is 11.5. The molecule has 2 aromatic rings. The van der Waals surface area contributed by atoms with Crippen molar-refractivity contribution >= 4 is 23.0 Å². The van der Waals surface area contributed by atoms with Crippen LogP contribution in [0.15, 0.2) is 42.5 Å². The third kappa shape index (κ3) is 2.52. The van der Waals surface area contributed by atoms with Gasteiger partial charge < -0.3 is 5.32 Å². The standard InChI is InChI=1S/C13H11ClFN/c1-9-3-2-4-11(7-9)16-13-6-5-10(15)8-12(13)14/h2-8,16H,1H3. The summed E-state index contributed by atoms with van der Waals surface area (Å²) in [6.07, 6.45) is 0. The highest BCUT2D eigenvalue weighted by Crippen LogP contribution is 2.26. The third-order valence-electron chi connectivity index (χ3n) is 2.23. The lowest BCUT2D eigenvalue weighted by atomic mass is 10.2. The van der Waals surface area contributed by atoms with Gasteiger partial charge in [0, 0.05) is 5.69 Å². The van der Waals surface area contributed by atoms with E-state index in [0.717, 1.165) is 11.3 Å². The van der Waals surface area contributed by atoms with Gasteiger partial charge in [0.1, 0.15) is 5.82 Å². The molecule has 3 heteroatoms. The summed E-state index contributed by atoms with van der Waals surface area (Å²) in [5, 5.41) is 3.52. The van der Waals surface area contributed by atoms with Gasteiger partial charge in [-0.2, -0.15) is 0 Å². The molecule has 0 heterocycles. The van der Waals surface area contributed by atoms with Gasteiger partial charge >= 0.3 is 0 Å². The van der Waals surface area contributed by atoms with Crippen LogP contribution in [0.5, 0.6) is 0 Å². The van der Waals surface area contributed by atoms with Crippen molar-refractivity contribution in [2.24, 2.45) is 0 Å². The molecule has 1 N–H and O–H groups in total. The van der Waals surface area contributed by atoms with Crippen LogP contribution in [0.3, 0.4) is 0 Å². The van der Waals surface area contributed by atoms with E-state index in [9.17, 15) is 4.39 Å². The Balaban J connectivity index is 2.27. The molecule has 2 aromatic carbocycles. The predicted molar refractivity (Wildman–Crippen MR) is 65.9 cm³/mol. The Morgan fingerprint density at radius 3 is 2.62 bits per heavy atom. The number of hydrogen-bond donors (Lipinski definition) is 1. The van der Waals surface area contributed by atoms with Crippen molar-refractivity contribution in [3.63, 3.8) is 0 Å². The SMILES string of the molecule is Cc1cccc(Nc2ccc(F)cc2Cl)c1. The fourth-order valence-electron chi connectivity index (χ4n) is 1.47. The molecule has 0 spiro atoms. The van der Waals surface area contributed by atoms with Crippen LogP contribution in [-0.2, 0) is 0 Å². The first-order valence-electron chi connectivity index (χ1n) is 4.94. The summed E-state index contributed by atoms with van der Waals surface area (Å²) in [5.41, 5.74) is 2.80. The van der Waals surface area contributed by atoms with Gasteiger partial charge in [0.25, 0.3) is 0 Å². The van der Waals surface area contributed by atoms with Crippen LogP contribution in [0.2, 0.25) is 5.02 Å². The molecule has 0 bridgehead atoms. The maximum atomic E-state index is 12.8. The van der Waals surface area contributed by atoms with E-state index >= 15 is 0 Å². The van der Waals surface area contributed by atoms with E-state index in [1.165, 1.54) is 12.1 Å². The minimum atomic E-state index is -0.334. The lowest BCUT2D eigenvalue weighted by Gasteiger charge is -2.08. The molecule has 0 amide bonds. The van der Waals surface area contributed by atoms with Crippen LogP contribution >= 0.6 is 11.6 Å². The Labute approximate surface area is 98.9 Å². The van der Waals surface area contributed by atoms with Gasteiger partial charge in [-0.05, 0) is 42.8 Å². The topological polar surface area (TPSA) is 12.0 Å². The number of hydrogen-bond acceptors (Lipinski definition) is 1. The average molecular weight is 236 g/mol. The highest BCUT2D eigenvalue weighted by Gasteiger charge is 2.02.